The lowest BCUT2D eigenvalue weighted by atomic mass is 9.86. The third-order valence-electron chi connectivity index (χ3n) is 5.11. The van der Waals surface area contributed by atoms with Crippen LogP contribution < -0.4 is 10.9 Å². The van der Waals surface area contributed by atoms with Crippen molar-refractivity contribution in [2.75, 3.05) is 19.8 Å². The van der Waals surface area contributed by atoms with Gasteiger partial charge in [-0.25, -0.2) is 0 Å². The van der Waals surface area contributed by atoms with Crippen molar-refractivity contribution >= 4 is 16.7 Å². The number of amides is 1. The van der Waals surface area contributed by atoms with Crippen LogP contribution in [0.2, 0.25) is 0 Å². The summed E-state index contributed by atoms with van der Waals surface area (Å²) in [6.45, 7) is 2.00. The Kier molecular flexibility index (Phi) is 3.86. The lowest BCUT2D eigenvalue weighted by molar-refractivity contribution is -0.0872. The number of fused-ring (bicyclic) bond motifs is 1. The first-order chi connectivity index (χ1) is 11.7. The Labute approximate surface area is 139 Å². The molecule has 3 heterocycles. The number of ether oxygens (including phenoxy) is 2. The molecule has 2 N–H and O–H groups in total. The van der Waals surface area contributed by atoms with Crippen LogP contribution in [0.1, 0.15) is 29.6 Å². The van der Waals surface area contributed by atoms with Crippen molar-refractivity contribution in [3.63, 3.8) is 0 Å². The SMILES string of the molecule is O=C(NC1CCOC12CCOCC2)c1cccc2cc(=O)[nH]cc12. The second-order valence-corrected chi connectivity index (χ2v) is 6.45. The summed E-state index contributed by atoms with van der Waals surface area (Å²) in [5.41, 5.74) is 0.0931. The molecule has 0 radical (unpaired) electrons. The highest BCUT2D eigenvalue weighted by Crippen LogP contribution is 2.35. The van der Waals surface area contributed by atoms with Gasteiger partial charge in [-0.2, -0.15) is 0 Å². The molecule has 1 aromatic heterocycles. The normalized spacial score (nSPS) is 22.8. The average Bonchev–Trinajstić information content (AvgIpc) is 2.96. The van der Waals surface area contributed by atoms with Crippen LogP contribution in [0.5, 0.6) is 0 Å². The molecule has 6 heteroatoms. The molecule has 2 fully saturated rings. The summed E-state index contributed by atoms with van der Waals surface area (Å²) in [6.07, 6.45) is 4.02. The highest BCUT2D eigenvalue weighted by Gasteiger charge is 2.46. The van der Waals surface area contributed by atoms with Crippen LogP contribution >= 0.6 is 0 Å². The van der Waals surface area contributed by atoms with Crippen LogP contribution in [0, 0.1) is 0 Å². The zero-order chi connectivity index (χ0) is 16.6. The number of hydrogen-bond acceptors (Lipinski definition) is 4. The highest BCUT2D eigenvalue weighted by atomic mass is 16.5. The molecule has 6 nitrogen and oxygen atoms in total. The number of pyridine rings is 1. The fourth-order valence-electron chi connectivity index (χ4n) is 3.79. The molecule has 1 spiro atoms. The Morgan fingerprint density at radius 3 is 2.92 bits per heavy atom. The molecule has 1 atom stereocenters. The smallest absolute Gasteiger partial charge is 0.252 e. The van der Waals surface area contributed by atoms with Crippen molar-refractivity contribution in [2.24, 2.45) is 0 Å². The number of carbonyl (C=O) groups excluding carboxylic acids is 1. The molecule has 24 heavy (non-hydrogen) atoms. The molecule has 2 saturated heterocycles. The Morgan fingerprint density at radius 1 is 1.25 bits per heavy atom. The van der Waals surface area contributed by atoms with Crippen LogP contribution in [0.3, 0.4) is 0 Å². The van der Waals surface area contributed by atoms with Crippen LogP contribution in [-0.4, -0.2) is 42.4 Å². The van der Waals surface area contributed by atoms with E-state index in [9.17, 15) is 9.59 Å². The Balaban J connectivity index is 1.61. The van der Waals surface area contributed by atoms with Gasteiger partial charge < -0.3 is 19.8 Å². The summed E-state index contributed by atoms with van der Waals surface area (Å²) in [4.78, 5) is 26.9. The Hall–Kier alpha value is -2.18. The second kappa shape index (κ2) is 6.03. The first-order valence-corrected chi connectivity index (χ1v) is 8.32. The van der Waals surface area contributed by atoms with Gasteiger partial charge in [-0.1, -0.05) is 12.1 Å². The van der Waals surface area contributed by atoms with Gasteiger partial charge in [-0.15, -0.1) is 0 Å². The molecule has 1 amide bonds. The maximum absolute atomic E-state index is 12.8. The number of benzene rings is 1. The molecular weight excluding hydrogens is 308 g/mol. The lowest BCUT2D eigenvalue weighted by Crippen LogP contribution is -2.52. The standard InChI is InChI=1S/C18H20N2O4/c21-16-10-12-2-1-3-13(14(12)11-19-16)17(22)20-15-4-7-24-18(15)5-8-23-9-6-18/h1-3,10-11,15H,4-9H2,(H,19,21)(H,20,22). The van der Waals surface area contributed by atoms with Crippen molar-refractivity contribution in [2.45, 2.75) is 30.9 Å². The van der Waals surface area contributed by atoms with Gasteiger partial charge in [0, 0.05) is 55.9 Å². The Bertz CT molecular complexity index is 823. The van der Waals surface area contributed by atoms with E-state index in [-0.39, 0.29) is 23.1 Å². The Morgan fingerprint density at radius 2 is 2.08 bits per heavy atom. The van der Waals surface area contributed by atoms with E-state index >= 15 is 0 Å². The number of rotatable bonds is 2. The van der Waals surface area contributed by atoms with Crippen LogP contribution in [0.25, 0.3) is 10.8 Å². The predicted molar refractivity (Wildman–Crippen MR) is 89.2 cm³/mol. The van der Waals surface area contributed by atoms with Crippen molar-refractivity contribution in [3.8, 4) is 0 Å². The van der Waals surface area contributed by atoms with Crippen molar-refractivity contribution < 1.29 is 14.3 Å². The minimum atomic E-state index is -0.299. The summed E-state index contributed by atoms with van der Waals surface area (Å²) in [5.74, 6) is -0.131. The van der Waals surface area contributed by atoms with E-state index < -0.39 is 0 Å². The third-order valence-corrected chi connectivity index (χ3v) is 5.11. The minimum absolute atomic E-state index is 0.00748. The van der Waals surface area contributed by atoms with Gasteiger partial charge >= 0.3 is 0 Å². The van der Waals surface area contributed by atoms with Gasteiger partial charge in [-0.05, 0) is 17.9 Å². The molecular formula is C18H20N2O4. The summed E-state index contributed by atoms with van der Waals surface area (Å²) < 4.78 is 11.4. The maximum atomic E-state index is 12.8. The van der Waals surface area contributed by atoms with E-state index in [0.717, 1.165) is 30.0 Å². The van der Waals surface area contributed by atoms with E-state index in [1.807, 2.05) is 6.07 Å². The van der Waals surface area contributed by atoms with Gasteiger partial charge in [0.05, 0.1) is 11.6 Å². The number of hydrogen-bond donors (Lipinski definition) is 2. The zero-order valence-corrected chi connectivity index (χ0v) is 13.3. The molecule has 0 aliphatic carbocycles. The number of carbonyl (C=O) groups is 1. The van der Waals surface area contributed by atoms with E-state index in [4.69, 9.17) is 9.47 Å². The molecule has 0 saturated carbocycles. The van der Waals surface area contributed by atoms with Gasteiger partial charge in [0.1, 0.15) is 0 Å². The number of aromatic amines is 1. The predicted octanol–water partition coefficient (Wildman–Crippen LogP) is 1.60. The van der Waals surface area contributed by atoms with Gasteiger partial charge in [0.15, 0.2) is 0 Å². The first kappa shape index (κ1) is 15.4. The van der Waals surface area contributed by atoms with Gasteiger partial charge in [-0.3, -0.25) is 9.59 Å². The zero-order valence-electron chi connectivity index (χ0n) is 13.3. The average molecular weight is 328 g/mol. The quantitative estimate of drug-likeness (QED) is 0.877. The van der Waals surface area contributed by atoms with E-state index in [1.165, 1.54) is 6.07 Å². The van der Waals surface area contributed by atoms with Crippen LogP contribution in [-0.2, 0) is 9.47 Å². The monoisotopic (exact) mass is 328 g/mol. The van der Waals surface area contributed by atoms with Crippen LogP contribution in [0.15, 0.2) is 35.3 Å². The van der Waals surface area contributed by atoms with E-state index in [0.29, 0.717) is 25.4 Å². The van der Waals surface area contributed by atoms with Crippen molar-refractivity contribution in [1.29, 1.82) is 0 Å². The fourth-order valence-corrected chi connectivity index (χ4v) is 3.79. The van der Waals surface area contributed by atoms with E-state index in [2.05, 4.69) is 10.3 Å². The van der Waals surface area contributed by atoms with Crippen LogP contribution in [0.4, 0.5) is 0 Å². The largest absolute Gasteiger partial charge is 0.381 e. The molecule has 0 bridgehead atoms. The summed E-state index contributed by atoms with van der Waals surface area (Å²) in [6, 6.07) is 6.91. The summed E-state index contributed by atoms with van der Waals surface area (Å²) in [7, 11) is 0. The summed E-state index contributed by atoms with van der Waals surface area (Å²) in [5, 5.41) is 4.66. The van der Waals surface area contributed by atoms with Gasteiger partial charge in [0.2, 0.25) is 5.56 Å². The van der Waals surface area contributed by atoms with E-state index in [1.54, 1.807) is 18.3 Å². The third kappa shape index (κ3) is 2.61. The van der Waals surface area contributed by atoms with Gasteiger partial charge in [0.25, 0.3) is 5.91 Å². The second-order valence-electron chi connectivity index (χ2n) is 6.45. The summed E-state index contributed by atoms with van der Waals surface area (Å²) >= 11 is 0. The number of nitrogens with one attached hydrogen (secondary N) is 2. The maximum Gasteiger partial charge on any atom is 0.252 e. The fraction of sp³-hybridized carbons (Fsp3) is 0.444. The highest BCUT2D eigenvalue weighted by molar-refractivity contribution is 6.06. The molecule has 126 valence electrons. The number of aromatic nitrogens is 1. The topological polar surface area (TPSA) is 80.4 Å². The molecule has 2 aromatic rings. The molecule has 4 rings (SSSR count). The molecule has 2 aliphatic rings. The van der Waals surface area contributed by atoms with Crippen molar-refractivity contribution in [3.05, 3.63) is 46.4 Å². The molecule has 2 aliphatic heterocycles. The minimum Gasteiger partial charge on any atom is -0.381 e. The first-order valence-electron chi connectivity index (χ1n) is 8.32. The molecule has 1 aromatic carbocycles. The lowest BCUT2D eigenvalue weighted by Gasteiger charge is -2.37. The number of H-pyrrole nitrogens is 1. The van der Waals surface area contributed by atoms with Crippen molar-refractivity contribution in [1.82, 2.24) is 10.3 Å². The molecule has 1 unspecified atom stereocenters.